The molecule has 1 saturated heterocycles. The molecule has 2 atom stereocenters. The highest BCUT2D eigenvalue weighted by Gasteiger charge is 2.42. The van der Waals surface area contributed by atoms with E-state index in [4.69, 9.17) is 4.84 Å². The molecule has 0 bridgehead atoms. The van der Waals surface area contributed by atoms with E-state index in [2.05, 4.69) is 10.5 Å². The van der Waals surface area contributed by atoms with Crippen LogP contribution in [0.15, 0.2) is 88.9 Å². The zero-order chi connectivity index (χ0) is 25.7. The maximum absolute atomic E-state index is 13.5. The normalized spacial score (nSPS) is 18.2. The second kappa shape index (κ2) is 10.9. The van der Waals surface area contributed by atoms with Crippen LogP contribution in [0.4, 0.5) is 0 Å². The Balaban J connectivity index is 1.52. The zero-order valence-corrected chi connectivity index (χ0v) is 20.4. The molecule has 0 spiro atoms. The molecule has 9 nitrogen and oxygen atoms in total. The smallest absolute Gasteiger partial charge is 0.244 e. The van der Waals surface area contributed by atoms with Crippen LogP contribution in [0.3, 0.4) is 0 Å². The van der Waals surface area contributed by atoms with Gasteiger partial charge in [-0.05, 0) is 41.0 Å². The number of rotatable bonds is 8. The van der Waals surface area contributed by atoms with Gasteiger partial charge < -0.3 is 20.4 Å². The maximum Gasteiger partial charge on any atom is 0.244 e. The predicted octanol–water partition coefficient (Wildman–Crippen LogP) is 2.67. The van der Waals surface area contributed by atoms with Crippen molar-refractivity contribution < 1.29 is 28.3 Å². The second-order valence-corrected chi connectivity index (χ2v) is 10.2. The average Bonchev–Trinajstić information content (AvgIpc) is 3.33. The molecular weight excluding hydrogens is 482 g/mol. The zero-order valence-electron chi connectivity index (χ0n) is 19.6. The number of carbonyl (C=O) groups is 1. The number of amides is 1. The molecule has 36 heavy (non-hydrogen) atoms. The Morgan fingerprint density at radius 2 is 1.69 bits per heavy atom. The lowest BCUT2D eigenvalue weighted by Crippen LogP contribution is -2.46. The van der Waals surface area contributed by atoms with E-state index < -0.39 is 28.1 Å². The molecule has 1 aliphatic heterocycles. The van der Waals surface area contributed by atoms with Crippen molar-refractivity contribution in [1.82, 2.24) is 9.62 Å². The molecule has 1 aliphatic rings. The number of phenols is 1. The molecule has 1 fully saturated rings. The van der Waals surface area contributed by atoms with E-state index in [1.807, 2.05) is 30.3 Å². The fourth-order valence-corrected chi connectivity index (χ4v) is 5.64. The van der Waals surface area contributed by atoms with Crippen molar-refractivity contribution in [2.45, 2.75) is 23.5 Å². The molecule has 10 heteroatoms. The second-order valence-electron chi connectivity index (χ2n) is 8.35. The molecule has 0 saturated carbocycles. The highest BCUT2D eigenvalue weighted by molar-refractivity contribution is 7.89. The van der Waals surface area contributed by atoms with Crippen LogP contribution in [-0.4, -0.2) is 60.8 Å². The molecule has 3 aromatic rings. The average molecular weight is 510 g/mol. The van der Waals surface area contributed by atoms with Gasteiger partial charge in [-0.1, -0.05) is 59.8 Å². The Morgan fingerprint density at radius 1 is 1.06 bits per heavy atom. The van der Waals surface area contributed by atoms with Gasteiger partial charge in [0.15, 0.2) is 0 Å². The van der Waals surface area contributed by atoms with Crippen molar-refractivity contribution in [2.24, 2.45) is 5.16 Å². The van der Waals surface area contributed by atoms with E-state index >= 15 is 0 Å². The first-order valence-corrected chi connectivity index (χ1v) is 12.7. The number of hydrogen-bond acceptors (Lipinski definition) is 7. The highest BCUT2D eigenvalue weighted by Crippen LogP contribution is 2.28. The lowest BCUT2D eigenvalue weighted by Gasteiger charge is -2.23. The Morgan fingerprint density at radius 3 is 2.33 bits per heavy atom. The first kappa shape index (κ1) is 25.4. The number of aliphatic hydroxyl groups excluding tert-OH is 1. The van der Waals surface area contributed by atoms with Gasteiger partial charge in [0.05, 0.1) is 23.3 Å². The number of carbonyl (C=O) groups excluding carboxylic acids is 1. The van der Waals surface area contributed by atoms with E-state index in [0.29, 0.717) is 11.3 Å². The first-order valence-electron chi connectivity index (χ1n) is 11.3. The van der Waals surface area contributed by atoms with Gasteiger partial charge >= 0.3 is 0 Å². The van der Waals surface area contributed by atoms with Crippen LogP contribution in [0, 0.1) is 0 Å². The van der Waals surface area contributed by atoms with Crippen LogP contribution < -0.4 is 5.32 Å². The van der Waals surface area contributed by atoms with Crippen LogP contribution in [0.25, 0.3) is 11.1 Å². The lowest BCUT2D eigenvalue weighted by molar-refractivity contribution is -0.124. The van der Waals surface area contributed by atoms with Gasteiger partial charge in [0, 0.05) is 13.0 Å². The molecule has 0 radical (unpaired) electrons. The predicted molar refractivity (Wildman–Crippen MR) is 135 cm³/mol. The summed E-state index contributed by atoms with van der Waals surface area (Å²) in [5.41, 5.74) is 2.75. The number of hydrogen-bond donors (Lipinski definition) is 3. The minimum absolute atomic E-state index is 0.0581. The first-order chi connectivity index (χ1) is 17.3. The number of aromatic hydroxyl groups is 1. The minimum Gasteiger partial charge on any atom is -0.508 e. The van der Waals surface area contributed by atoms with Crippen LogP contribution in [0.5, 0.6) is 5.75 Å². The van der Waals surface area contributed by atoms with Gasteiger partial charge in [-0.15, -0.1) is 0 Å². The lowest BCUT2D eigenvalue weighted by atomic mass is 10.1. The van der Waals surface area contributed by atoms with Gasteiger partial charge in [-0.25, -0.2) is 8.42 Å². The number of nitrogens with zero attached hydrogens (tertiary/aromatic N) is 2. The topological polar surface area (TPSA) is 129 Å². The maximum atomic E-state index is 13.5. The number of benzene rings is 3. The summed E-state index contributed by atoms with van der Waals surface area (Å²) in [6, 6.07) is 21.0. The van der Waals surface area contributed by atoms with Crippen molar-refractivity contribution in [1.29, 1.82) is 0 Å². The highest BCUT2D eigenvalue weighted by atomic mass is 32.2. The van der Waals surface area contributed by atoms with Crippen molar-refractivity contribution in [2.75, 3.05) is 20.2 Å². The van der Waals surface area contributed by atoms with E-state index in [1.54, 1.807) is 24.3 Å². The van der Waals surface area contributed by atoms with Crippen LogP contribution in [0.1, 0.15) is 18.1 Å². The summed E-state index contributed by atoms with van der Waals surface area (Å²) in [4.78, 5) is 17.9. The van der Waals surface area contributed by atoms with Crippen molar-refractivity contribution in [3.05, 3.63) is 84.4 Å². The fourth-order valence-electron chi connectivity index (χ4n) is 4.07. The van der Waals surface area contributed by atoms with Gasteiger partial charge in [0.1, 0.15) is 18.9 Å². The summed E-state index contributed by atoms with van der Waals surface area (Å²) < 4.78 is 28.1. The van der Waals surface area contributed by atoms with E-state index in [9.17, 15) is 23.4 Å². The summed E-state index contributed by atoms with van der Waals surface area (Å²) in [5, 5.41) is 26.3. The van der Waals surface area contributed by atoms with Crippen molar-refractivity contribution >= 4 is 21.6 Å². The third-order valence-electron chi connectivity index (χ3n) is 5.95. The van der Waals surface area contributed by atoms with Crippen molar-refractivity contribution in [3.63, 3.8) is 0 Å². The van der Waals surface area contributed by atoms with E-state index in [0.717, 1.165) is 15.4 Å². The third-order valence-corrected chi connectivity index (χ3v) is 7.82. The largest absolute Gasteiger partial charge is 0.508 e. The number of phenolic OH excluding ortho intramolecular Hbond substituents is 1. The quantitative estimate of drug-likeness (QED) is 0.401. The van der Waals surface area contributed by atoms with Gasteiger partial charge in [0.2, 0.25) is 15.9 Å². The van der Waals surface area contributed by atoms with Gasteiger partial charge in [0.25, 0.3) is 0 Å². The molecule has 0 aliphatic carbocycles. The molecule has 3 N–H and O–H groups in total. The van der Waals surface area contributed by atoms with Crippen LogP contribution in [0.2, 0.25) is 0 Å². The number of aliphatic hydroxyl groups is 1. The summed E-state index contributed by atoms with van der Waals surface area (Å²) >= 11 is 0. The van der Waals surface area contributed by atoms with E-state index in [1.165, 1.54) is 31.4 Å². The van der Waals surface area contributed by atoms with Crippen LogP contribution >= 0.6 is 0 Å². The van der Waals surface area contributed by atoms with Crippen molar-refractivity contribution in [3.8, 4) is 16.9 Å². The standard InChI is InChI=1S/C26H27N3O6S/c1-35-28-21-15-24(26(32)27-16-25(31)20-7-11-22(30)12-8-20)29(17-21)36(33,34)23-13-9-19(10-14-23)18-5-3-2-4-6-18/h2-14,24-25,30-31H,15-17H2,1H3,(H,27,32)/t24-,25-/m0/s1. The fraction of sp³-hybridized carbons (Fsp3) is 0.231. The molecule has 0 unspecified atom stereocenters. The summed E-state index contributed by atoms with van der Waals surface area (Å²) in [6.45, 7) is -0.217. The molecule has 3 aromatic carbocycles. The Labute approximate surface area is 209 Å². The molecule has 4 rings (SSSR count). The molecule has 1 heterocycles. The molecule has 1 amide bonds. The molecular formula is C26H27N3O6S. The number of nitrogens with one attached hydrogen (secondary N) is 1. The SMILES string of the molecule is CON=C1C[C@@H](C(=O)NC[C@H](O)c2ccc(O)cc2)N(S(=O)(=O)c2ccc(-c3ccccc3)cc2)C1. The summed E-state index contributed by atoms with van der Waals surface area (Å²) in [6.07, 6.45) is -0.963. The minimum atomic E-state index is -4.03. The number of sulfonamides is 1. The molecule has 188 valence electrons. The van der Waals surface area contributed by atoms with Gasteiger partial charge in [-0.3, -0.25) is 4.79 Å². The number of oxime groups is 1. The molecule has 0 aromatic heterocycles. The van der Waals surface area contributed by atoms with Gasteiger partial charge in [-0.2, -0.15) is 4.31 Å². The Hall–Kier alpha value is -3.73. The summed E-state index contributed by atoms with van der Waals surface area (Å²) in [7, 11) is -2.68. The third kappa shape index (κ3) is 5.56. The van der Waals surface area contributed by atoms with Crippen LogP contribution in [-0.2, 0) is 19.7 Å². The Kier molecular flexibility index (Phi) is 7.68. The Bertz CT molecular complexity index is 1330. The monoisotopic (exact) mass is 509 g/mol. The summed E-state index contributed by atoms with van der Waals surface area (Å²) in [5.74, 6) is -0.498. The van der Waals surface area contributed by atoms with E-state index in [-0.39, 0.29) is 30.2 Å².